The first-order valence-electron chi connectivity index (χ1n) is 9.78. The lowest BCUT2D eigenvalue weighted by molar-refractivity contribution is 0.0483. The van der Waals surface area contributed by atoms with Gasteiger partial charge < -0.3 is 24.8 Å². The third-order valence-corrected chi connectivity index (χ3v) is 5.37. The van der Waals surface area contributed by atoms with Crippen LogP contribution in [0.3, 0.4) is 0 Å². The van der Waals surface area contributed by atoms with Gasteiger partial charge in [0.2, 0.25) is 6.79 Å². The van der Waals surface area contributed by atoms with E-state index in [1.807, 2.05) is 50.4 Å². The number of guanidine groups is 1. The summed E-state index contributed by atoms with van der Waals surface area (Å²) in [5.74, 6) is 2.34. The number of fused-ring (bicyclic) bond motifs is 2. The number of benzene rings is 2. The van der Waals surface area contributed by atoms with E-state index in [9.17, 15) is 5.11 Å². The molecular weight excluding hydrogens is 354 g/mol. The van der Waals surface area contributed by atoms with E-state index in [1.54, 1.807) is 0 Å². The van der Waals surface area contributed by atoms with E-state index < -0.39 is 5.60 Å². The molecule has 148 valence electrons. The maximum atomic E-state index is 11.2. The summed E-state index contributed by atoms with van der Waals surface area (Å²) in [6.45, 7) is 4.11. The molecule has 2 N–H and O–H groups in total. The molecule has 2 aromatic carbocycles. The molecule has 1 aliphatic carbocycles. The summed E-state index contributed by atoms with van der Waals surface area (Å²) >= 11 is 0. The zero-order chi connectivity index (χ0) is 19.6. The zero-order valence-electron chi connectivity index (χ0n) is 16.4. The highest BCUT2D eigenvalue weighted by Gasteiger charge is 2.36. The third kappa shape index (κ3) is 3.64. The Morgan fingerprint density at radius 1 is 1.21 bits per heavy atom. The SMILES string of the molecule is CCNC(=NCC1(O)CCc2ccccc21)N(C)Cc1ccc2c(c1)OCO2. The smallest absolute Gasteiger partial charge is 0.231 e. The number of nitrogens with one attached hydrogen (secondary N) is 1. The van der Waals surface area contributed by atoms with E-state index in [0.717, 1.165) is 41.6 Å². The summed E-state index contributed by atoms with van der Waals surface area (Å²) in [7, 11) is 2.00. The van der Waals surface area contributed by atoms with Crippen molar-refractivity contribution < 1.29 is 14.6 Å². The molecule has 0 fully saturated rings. The summed E-state index contributed by atoms with van der Waals surface area (Å²) in [6.07, 6.45) is 1.60. The van der Waals surface area contributed by atoms with Crippen molar-refractivity contribution in [1.82, 2.24) is 10.2 Å². The molecule has 1 atom stereocenters. The number of rotatable bonds is 5. The molecule has 0 amide bonds. The highest BCUT2D eigenvalue weighted by molar-refractivity contribution is 5.79. The first kappa shape index (κ1) is 18.6. The molecular formula is C22H27N3O3. The Morgan fingerprint density at radius 3 is 2.89 bits per heavy atom. The van der Waals surface area contributed by atoms with Gasteiger partial charge in [-0.1, -0.05) is 30.3 Å². The Balaban J connectivity index is 1.49. The number of aliphatic hydroxyl groups is 1. The lowest BCUT2D eigenvalue weighted by Crippen LogP contribution is -2.40. The van der Waals surface area contributed by atoms with Gasteiger partial charge in [0.15, 0.2) is 17.5 Å². The first-order chi connectivity index (χ1) is 13.6. The molecule has 1 aliphatic heterocycles. The van der Waals surface area contributed by atoms with Crippen LogP contribution in [0.15, 0.2) is 47.5 Å². The van der Waals surface area contributed by atoms with Crippen molar-refractivity contribution >= 4 is 5.96 Å². The number of hydrogen-bond donors (Lipinski definition) is 2. The summed E-state index contributed by atoms with van der Waals surface area (Å²) in [4.78, 5) is 6.82. The number of hydrogen-bond acceptors (Lipinski definition) is 4. The molecule has 28 heavy (non-hydrogen) atoms. The summed E-state index contributed by atoms with van der Waals surface area (Å²) in [5, 5.41) is 14.5. The second kappa shape index (κ2) is 7.72. The zero-order valence-corrected chi connectivity index (χ0v) is 16.4. The van der Waals surface area contributed by atoms with Crippen molar-refractivity contribution in [3.8, 4) is 11.5 Å². The van der Waals surface area contributed by atoms with Gasteiger partial charge in [-0.3, -0.25) is 0 Å². The molecule has 0 bridgehead atoms. The second-order valence-corrected chi connectivity index (χ2v) is 7.40. The summed E-state index contributed by atoms with van der Waals surface area (Å²) in [5.41, 5.74) is 2.45. The monoisotopic (exact) mass is 381 g/mol. The summed E-state index contributed by atoms with van der Waals surface area (Å²) in [6, 6.07) is 14.1. The van der Waals surface area contributed by atoms with Gasteiger partial charge >= 0.3 is 0 Å². The van der Waals surface area contributed by atoms with E-state index in [4.69, 9.17) is 14.5 Å². The third-order valence-electron chi connectivity index (χ3n) is 5.37. The van der Waals surface area contributed by atoms with Gasteiger partial charge in [-0.25, -0.2) is 4.99 Å². The van der Waals surface area contributed by atoms with Crippen molar-refractivity contribution in [2.45, 2.75) is 31.9 Å². The molecule has 0 spiro atoms. The van der Waals surface area contributed by atoms with Crippen LogP contribution in [0.25, 0.3) is 0 Å². The maximum absolute atomic E-state index is 11.2. The highest BCUT2D eigenvalue weighted by atomic mass is 16.7. The average Bonchev–Trinajstić information content (AvgIpc) is 3.30. The topological polar surface area (TPSA) is 66.3 Å². The largest absolute Gasteiger partial charge is 0.454 e. The number of aliphatic imine (C=N–C) groups is 1. The molecule has 0 aromatic heterocycles. The fourth-order valence-corrected chi connectivity index (χ4v) is 3.90. The van der Waals surface area contributed by atoms with Crippen molar-refractivity contribution in [3.63, 3.8) is 0 Å². The van der Waals surface area contributed by atoms with Gasteiger partial charge in [0, 0.05) is 20.1 Å². The van der Waals surface area contributed by atoms with Crippen molar-refractivity contribution in [1.29, 1.82) is 0 Å². The van der Waals surface area contributed by atoms with Crippen LogP contribution in [0.1, 0.15) is 30.0 Å². The molecule has 1 unspecified atom stereocenters. The van der Waals surface area contributed by atoms with Crippen molar-refractivity contribution in [2.75, 3.05) is 26.9 Å². The Hall–Kier alpha value is -2.73. The highest BCUT2D eigenvalue weighted by Crippen LogP contribution is 2.37. The number of nitrogens with zero attached hydrogens (tertiary/aromatic N) is 2. The fraction of sp³-hybridized carbons (Fsp3) is 0.409. The Bertz CT molecular complexity index is 883. The standard InChI is InChI=1S/C22H27N3O3/c1-3-23-21(24-14-22(26)11-10-17-6-4-5-7-18(17)22)25(2)13-16-8-9-19-20(12-16)28-15-27-19/h4-9,12,26H,3,10-11,13-15H2,1-2H3,(H,23,24). The lowest BCUT2D eigenvalue weighted by Gasteiger charge is -2.26. The molecule has 0 saturated carbocycles. The molecule has 1 heterocycles. The molecule has 4 rings (SSSR count). The van der Waals surface area contributed by atoms with Crippen LogP contribution in [-0.2, 0) is 18.6 Å². The Labute approximate surface area is 165 Å². The summed E-state index contributed by atoms with van der Waals surface area (Å²) < 4.78 is 10.9. The predicted molar refractivity (Wildman–Crippen MR) is 109 cm³/mol. The van der Waals surface area contributed by atoms with Gasteiger partial charge in [-0.05, 0) is 48.6 Å². The van der Waals surface area contributed by atoms with Crippen LogP contribution in [0.2, 0.25) is 0 Å². The van der Waals surface area contributed by atoms with Gasteiger partial charge in [0.1, 0.15) is 5.60 Å². The normalized spacial score (nSPS) is 20.2. The van der Waals surface area contributed by atoms with E-state index in [-0.39, 0.29) is 6.79 Å². The van der Waals surface area contributed by atoms with Crippen LogP contribution in [0, 0.1) is 0 Å². The minimum Gasteiger partial charge on any atom is -0.454 e. The molecule has 2 aliphatic rings. The first-order valence-corrected chi connectivity index (χ1v) is 9.78. The van der Waals surface area contributed by atoms with Gasteiger partial charge in [-0.2, -0.15) is 0 Å². The van der Waals surface area contributed by atoms with Crippen LogP contribution >= 0.6 is 0 Å². The minimum absolute atomic E-state index is 0.277. The average molecular weight is 381 g/mol. The maximum Gasteiger partial charge on any atom is 0.231 e. The van der Waals surface area contributed by atoms with Crippen LogP contribution in [0.5, 0.6) is 11.5 Å². The molecule has 0 saturated heterocycles. The molecule has 6 heteroatoms. The van der Waals surface area contributed by atoms with Gasteiger partial charge in [0.05, 0.1) is 6.54 Å². The van der Waals surface area contributed by atoms with Crippen LogP contribution in [-0.4, -0.2) is 42.9 Å². The minimum atomic E-state index is -0.892. The second-order valence-electron chi connectivity index (χ2n) is 7.40. The predicted octanol–water partition coefficient (Wildman–Crippen LogP) is 2.65. The Morgan fingerprint density at radius 2 is 2.04 bits per heavy atom. The van der Waals surface area contributed by atoms with E-state index in [0.29, 0.717) is 19.5 Å². The lowest BCUT2D eigenvalue weighted by atomic mass is 9.96. The van der Waals surface area contributed by atoms with Gasteiger partial charge in [-0.15, -0.1) is 0 Å². The number of ether oxygens (including phenoxy) is 2. The van der Waals surface area contributed by atoms with Crippen LogP contribution < -0.4 is 14.8 Å². The quantitative estimate of drug-likeness (QED) is 0.616. The van der Waals surface area contributed by atoms with E-state index in [2.05, 4.69) is 16.3 Å². The molecule has 0 radical (unpaired) electrons. The molecule has 2 aromatic rings. The van der Waals surface area contributed by atoms with Crippen molar-refractivity contribution in [2.24, 2.45) is 4.99 Å². The Kier molecular flexibility index (Phi) is 5.13. The molecule has 6 nitrogen and oxygen atoms in total. The van der Waals surface area contributed by atoms with Crippen LogP contribution in [0.4, 0.5) is 0 Å². The van der Waals surface area contributed by atoms with E-state index >= 15 is 0 Å². The van der Waals surface area contributed by atoms with Gasteiger partial charge in [0.25, 0.3) is 0 Å². The van der Waals surface area contributed by atoms with E-state index in [1.165, 1.54) is 5.56 Å². The van der Waals surface area contributed by atoms with Crippen molar-refractivity contribution in [3.05, 3.63) is 59.2 Å². The fourth-order valence-electron chi connectivity index (χ4n) is 3.90. The number of aryl methyl sites for hydroxylation is 1.